The van der Waals surface area contributed by atoms with Crippen molar-refractivity contribution in [2.75, 3.05) is 18.5 Å². The molecule has 3 N–H and O–H groups in total. The second kappa shape index (κ2) is 8.97. The highest BCUT2D eigenvalue weighted by Crippen LogP contribution is 2.52. The van der Waals surface area contributed by atoms with Crippen LogP contribution in [-0.4, -0.2) is 41.7 Å². The van der Waals surface area contributed by atoms with Gasteiger partial charge in [0, 0.05) is 12.1 Å². The summed E-state index contributed by atoms with van der Waals surface area (Å²) in [7, 11) is -3.74. The molecule has 0 aliphatic carbocycles. The Bertz CT molecular complexity index is 1120. The van der Waals surface area contributed by atoms with Crippen LogP contribution in [0.25, 0.3) is 0 Å². The Balaban J connectivity index is 2.11. The zero-order chi connectivity index (χ0) is 25.6. The molecule has 8 nitrogen and oxygen atoms in total. The lowest BCUT2D eigenvalue weighted by atomic mass is 9.82. The van der Waals surface area contributed by atoms with E-state index in [0.29, 0.717) is 17.8 Å². The summed E-state index contributed by atoms with van der Waals surface area (Å²) in [4.78, 5) is 27.4. The number of carbonyl (C=O) groups excluding carboxylic acids is 2. The van der Waals surface area contributed by atoms with Gasteiger partial charge in [-0.05, 0) is 54.9 Å². The first kappa shape index (κ1) is 26.2. The number of primary amides is 1. The summed E-state index contributed by atoms with van der Waals surface area (Å²) < 4.78 is 24.0. The molecule has 2 aliphatic rings. The van der Waals surface area contributed by atoms with Gasteiger partial charge in [0.1, 0.15) is 5.84 Å². The topological polar surface area (TPSA) is 114 Å². The summed E-state index contributed by atoms with van der Waals surface area (Å²) in [5.74, 6) is -0.521. The van der Waals surface area contributed by atoms with Crippen molar-refractivity contribution in [1.82, 2.24) is 4.90 Å². The Labute approximate surface area is 202 Å². The average molecular weight is 489 g/mol. The number of hydrogen-bond donors (Lipinski definition) is 2. The van der Waals surface area contributed by atoms with Crippen LogP contribution < -0.4 is 16.4 Å². The number of nitrogens with zero attached hydrogens (tertiary/aromatic N) is 2. The van der Waals surface area contributed by atoms with Crippen molar-refractivity contribution in [3.63, 3.8) is 0 Å². The first-order valence-corrected chi connectivity index (χ1v) is 13.2. The predicted octanol–water partition coefficient (Wildman–Crippen LogP) is 4.47. The molecule has 2 heterocycles. The van der Waals surface area contributed by atoms with Crippen molar-refractivity contribution in [1.29, 1.82) is 0 Å². The lowest BCUT2D eigenvalue weighted by Crippen LogP contribution is -2.45. The van der Waals surface area contributed by atoms with Gasteiger partial charge < -0.3 is 20.5 Å². The molecule has 186 valence electrons. The summed E-state index contributed by atoms with van der Waals surface area (Å²) in [5.41, 5.74) is 7.31. The fraction of sp³-hybridized carbons (Fsp3) is 0.560. The van der Waals surface area contributed by atoms with Gasteiger partial charge in [0.25, 0.3) is 5.91 Å². The summed E-state index contributed by atoms with van der Waals surface area (Å²) in [6.07, 6.45) is 0.849. The molecule has 0 bridgehead atoms. The van der Waals surface area contributed by atoms with Crippen LogP contribution in [0.5, 0.6) is 0 Å². The number of amides is 2. The van der Waals surface area contributed by atoms with E-state index in [9.17, 15) is 14.2 Å². The molecule has 2 amide bonds. The third kappa shape index (κ3) is 4.98. The molecule has 2 unspecified atom stereocenters. The quantitative estimate of drug-likeness (QED) is 0.574. The minimum Gasteiger partial charge on any atom is -0.366 e. The van der Waals surface area contributed by atoms with Crippen LogP contribution in [0.3, 0.4) is 0 Å². The molecule has 0 aromatic heterocycles. The van der Waals surface area contributed by atoms with E-state index in [1.54, 1.807) is 19.1 Å². The maximum atomic E-state index is 13.9. The van der Waals surface area contributed by atoms with E-state index in [0.717, 1.165) is 12.0 Å². The molecule has 0 spiro atoms. The number of fused-ring (bicyclic) bond motifs is 1. The average Bonchev–Trinajstić information content (AvgIpc) is 2.95. The molecule has 0 saturated heterocycles. The van der Waals surface area contributed by atoms with E-state index in [-0.39, 0.29) is 46.1 Å². The summed E-state index contributed by atoms with van der Waals surface area (Å²) in [6.45, 7) is 17.2. The van der Waals surface area contributed by atoms with E-state index in [1.807, 2.05) is 11.8 Å². The van der Waals surface area contributed by atoms with Crippen molar-refractivity contribution in [3.8, 4) is 0 Å². The van der Waals surface area contributed by atoms with Gasteiger partial charge in [-0.15, -0.1) is 0 Å². The Morgan fingerprint density at radius 2 is 1.88 bits per heavy atom. The molecule has 0 fully saturated rings. The zero-order valence-corrected chi connectivity index (χ0v) is 22.4. The third-order valence-corrected chi connectivity index (χ3v) is 8.18. The standard InChI is InChI=1S/C25H37N4O4P/c1-9-33-34(32)18-14-16(21(26)30)10-11-17(18)27-22(28-34)19-15(2)20(25(6,7)8)29(23(19)31)13-12-24(3,4)5/h10-11,14,20H,9,12-13H2,1-8H3,(H2,26,30)(H,27,28,32). The normalized spacial score (nSPS) is 23.1. The zero-order valence-electron chi connectivity index (χ0n) is 21.5. The second-order valence-electron chi connectivity index (χ2n) is 11.2. The molecular weight excluding hydrogens is 451 g/mol. The number of carbonyl (C=O) groups is 2. The van der Waals surface area contributed by atoms with Crippen LogP contribution >= 0.6 is 7.52 Å². The molecule has 9 heteroatoms. The maximum absolute atomic E-state index is 13.9. The highest BCUT2D eigenvalue weighted by atomic mass is 31.2. The summed E-state index contributed by atoms with van der Waals surface area (Å²) in [6, 6.07) is 4.52. The van der Waals surface area contributed by atoms with Crippen molar-refractivity contribution in [2.24, 2.45) is 21.3 Å². The number of hydrogen-bond acceptors (Lipinski definition) is 5. The van der Waals surface area contributed by atoms with Gasteiger partial charge in [0.15, 0.2) is 0 Å². The Kier molecular flexibility index (Phi) is 6.90. The van der Waals surface area contributed by atoms with E-state index in [1.165, 1.54) is 6.07 Å². The number of anilines is 1. The minimum atomic E-state index is -3.74. The minimum absolute atomic E-state index is 0.0712. The van der Waals surface area contributed by atoms with Crippen LogP contribution in [0.4, 0.5) is 5.69 Å². The van der Waals surface area contributed by atoms with Gasteiger partial charge in [-0.1, -0.05) is 41.5 Å². The van der Waals surface area contributed by atoms with Crippen molar-refractivity contribution < 1.29 is 18.7 Å². The number of nitrogens with two attached hydrogens (primary N) is 1. The van der Waals surface area contributed by atoms with Crippen molar-refractivity contribution in [2.45, 2.75) is 67.9 Å². The van der Waals surface area contributed by atoms with Crippen molar-refractivity contribution >= 4 is 36.2 Å². The summed E-state index contributed by atoms with van der Waals surface area (Å²) >= 11 is 0. The van der Waals surface area contributed by atoms with Crippen LogP contribution in [0.15, 0.2) is 34.1 Å². The maximum Gasteiger partial charge on any atom is 0.348 e. The van der Waals surface area contributed by atoms with E-state index < -0.39 is 13.4 Å². The second-order valence-corrected chi connectivity index (χ2v) is 13.2. The van der Waals surface area contributed by atoms with Crippen molar-refractivity contribution in [3.05, 3.63) is 34.9 Å². The molecule has 0 saturated carbocycles. The highest BCUT2D eigenvalue weighted by molar-refractivity contribution is 7.66. The van der Waals surface area contributed by atoms with Gasteiger partial charge in [-0.25, -0.2) is 0 Å². The molecule has 1 aromatic rings. The predicted molar refractivity (Wildman–Crippen MR) is 137 cm³/mol. The van der Waals surface area contributed by atoms with Gasteiger partial charge in [0.2, 0.25) is 5.91 Å². The van der Waals surface area contributed by atoms with Gasteiger partial charge in [0.05, 0.1) is 29.2 Å². The first-order chi connectivity index (χ1) is 15.6. The number of rotatable bonds is 6. The fourth-order valence-electron chi connectivity index (χ4n) is 4.64. The largest absolute Gasteiger partial charge is 0.366 e. The van der Waals surface area contributed by atoms with E-state index in [2.05, 4.69) is 51.6 Å². The molecular formula is C25H37N4O4P. The third-order valence-electron chi connectivity index (χ3n) is 6.13. The first-order valence-electron chi connectivity index (χ1n) is 11.7. The lowest BCUT2D eigenvalue weighted by molar-refractivity contribution is -0.128. The molecule has 2 atom stereocenters. The van der Waals surface area contributed by atoms with Crippen LogP contribution in [0, 0.1) is 10.8 Å². The van der Waals surface area contributed by atoms with Gasteiger partial charge in [-0.2, -0.15) is 4.76 Å². The SMILES string of the molecule is CCOP1(=O)N=C(C2=C(C)C(C(C)(C)C)N(CCC(C)(C)C)C2=O)Nc2ccc(C(N)=O)cc21. The summed E-state index contributed by atoms with van der Waals surface area (Å²) in [5, 5.41) is 3.46. The van der Waals surface area contributed by atoms with E-state index in [4.69, 9.17) is 10.3 Å². The van der Waals surface area contributed by atoms with Gasteiger partial charge >= 0.3 is 7.52 Å². The van der Waals surface area contributed by atoms with Crippen LogP contribution in [-0.2, 0) is 13.9 Å². The number of benzene rings is 1. The Morgan fingerprint density at radius 1 is 1.24 bits per heavy atom. The molecule has 1 aromatic carbocycles. The highest BCUT2D eigenvalue weighted by Gasteiger charge is 2.46. The molecule has 2 aliphatic heterocycles. The van der Waals surface area contributed by atoms with Gasteiger partial charge in [-0.3, -0.25) is 14.2 Å². The number of amidine groups is 1. The number of nitrogens with one attached hydrogen (secondary N) is 1. The Morgan fingerprint density at radius 3 is 2.41 bits per heavy atom. The van der Waals surface area contributed by atoms with Crippen LogP contribution in [0.1, 0.15) is 72.2 Å². The molecule has 0 radical (unpaired) electrons. The fourth-order valence-corrected chi connectivity index (χ4v) is 6.44. The van der Waals surface area contributed by atoms with Crippen LogP contribution in [0.2, 0.25) is 0 Å². The van der Waals surface area contributed by atoms with E-state index >= 15 is 0 Å². The monoisotopic (exact) mass is 488 g/mol. The Hall–Kier alpha value is -2.44. The molecule has 3 rings (SSSR count). The lowest BCUT2D eigenvalue weighted by Gasteiger charge is -2.37. The molecule has 34 heavy (non-hydrogen) atoms. The smallest absolute Gasteiger partial charge is 0.348 e.